The highest BCUT2D eigenvalue weighted by atomic mass is 19.4. The van der Waals surface area contributed by atoms with Gasteiger partial charge in [0.1, 0.15) is 5.60 Å². The molecule has 1 N–H and O–H groups in total. The Hall–Kier alpha value is -2.37. The van der Waals surface area contributed by atoms with E-state index in [9.17, 15) is 22.8 Å². The second kappa shape index (κ2) is 11.4. The van der Waals surface area contributed by atoms with Crippen LogP contribution in [0.4, 0.5) is 18.0 Å². The molecule has 210 valence electrons. The summed E-state index contributed by atoms with van der Waals surface area (Å²) in [6.45, 7) is 5.83. The van der Waals surface area contributed by atoms with E-state index in [2.05, 4.69) is 10.2 Å². The Labute approximate surface area is 221 Å². The third-order valence-corrected chi connectivity index (χ3v) is 8.43. The molecule has 4 fully saturated rings. The molecule has 1 spiro atoms. The van der Waals surface area contributed by atoms with Gasteiger partial charge in [0, 0.05) is 58.0 Å². The van der Waals surface area contributed by atoms with Crippen molar-refractivity contribution in [3.05, 3.63) is 35.4 Å². The second-order valence-corrected chi connectivity index (χ2v) is 11.1. The number of halogens is 3. The van der Waals surface area contributed by atoms with Gasteiger partial charge in [-0.25, -0.2) is 9.86 Å². The second-order valence-electron chi connectivity index (χ2n) is 11.1. The first-order chi connectivity index (χ1) is 18.2. The Kier molecular flexibility index (Phi) is 8.16. The van der Waals surface area contributed by atoms with Gasteiger partial charge >= 0.3 is 12.3 Å². The summed E-state index contributed by atoms with van der Waals surface area (Å²) in [5.74, 6) is 0.415. The highest BCUT2D eigenvalue weighted by Gasteiger charge is 2.47. The smallest absolute Gasteiger partial charge is 0.416 e. The number of benzene rings is 1. The van der Waals surface area contributed by atoms with Crippen LogP contribution in [0.25, 0.3) is 0 Å². The van der Waals surface area contributed by atoms with Crippen molar-refractivity contribution >= 4 is 12.0 Å². The van der Waals surface area contributed by atoms with Gasteiger partial charge in [-0.2, -0.15) is 13.2 Å². The lowest BCUT2D eigenvalue weighted by Crippen LogP contribution is -2.47. The van der Waals surface area contributed by atoms with Gasteiger partial charge in [0.2, 0.25) is 5.91 Å². The first kappa shape index (κ1) is 27.2. The number of rotatable bonds is 5. The number of piperidine rings is 1. The van der Waals surface area contributed by atoms with Crippen LogP contribution in [0, 0.1) is 11.8 Å². The Balaban J connectivity index is 1.06. The van der Waals surface area contributed by atoms with Gasteiger partial charge in [0.25, 0.3) is 0 Å². The van der Waals surface area contributed by atoms with Gasteiger partial charge in [-0.15, -0.1) is 0 Å². The topological polar surface area (TPSA) is 74.4 Å². The summed E-state index contributed by atoms with van der Waals surface area (Å²) in [5, 5.41) is 4.75. The van der Waals surface area contributed by atoms with Crippen LogP contribution >= 0.6 is 0 Å². The van der Waals surface area contributed by atoms with E-state index in [1.54, 1.807) is 0 Å². The lowest BCUT2D eigenvalue weighted by atomic mass is 9.81. The van der Waals surface area contributed by atoms with Gasteiger partial charge in [-0.05, 0) is 49.3 Å². The minimum absolute atomic E-state index is 0.0183. The monoisotopic (exact) mass is 538 g/mol. The number of carbonyl (C=O) groups is 2. The largest absolute Gasteiger partial charge is 0.441 e. The van der Waals surface area contributed by atoms with E-state index >= 15 is 0 Å². The van der Waals surface area contributed by atoms with Gasteiger partial charge in [-0.1, -0.05) is 12.1 Å². The van der Waals surface area contributed by atoms with Gasteiger partial charge < -0.3 is 15.0 Å². The van der Waals surface area contributed by atoms with Crippen molar-refractivity contribution in [3.8, 4) is 0 Å². The van der Waals surface area contributed by atoms with E-state index in [-0.39, 0.29) is 17.9 Å². The number of nitrogens with zero attached hydrogens (tertiary/aromatic N) is 3. The molecule has 0 radical (unpaired) electrons. The third-order valence-electron chi connectivity index (χ3n) is 8.43. The number of hydrogen-bond acceptors (Lipinski definition) is 6. The Morgan fingerprint density at radius 1 is 1.03 bits per heavy atom. The molecule has 2 amide bonds. The van der Waals surface area contributed by atoms with E-state index in [0.29, 0.717) is 51.5 Å². The van der Waals surface area contributed by atoms with Crippen LogP contribution in [0.3, 0.4) is 0 Å². The number of hydrogen-bond donors (Lipinski definition) is 1. The fourth-order valence-electron chi connectivity index (χ4n) is 6.15. The number of hydroxylamine groups is 2. The van der Waals surface area contributed by atoms with E-state index < -0.39 is 17.3 Å². The highest BCUT2D eigenvalue weighted by Crippen LogP contribution is 2.37. The number of amides is 2. The molecule has 1 aliphatic carbocycles. The number of ether oxygens (including phenoxy) is 1. The zero-order valence-corrected chi connectivity index (χ0v) is 21.7. The fourth-order valence-corrected chi connectivity index (χ4v) is 6.15. The van der Waals surface area contributed by atoms with Crippen LogP contribution < -0.4 is 5.32 Å². The van der Waals surface area contributed by atoms with Crippen molar-refractivity contribution in [2.24, 2.45) is 11.8 Å². The van der Waals surface area contributed by atoms with Crippen molar-refractivity contribution in [1.82, 2.24) is 20.2 Å². The van der Waals surface area contributed by atoms with Crippen molar-refractivity contribution in [3.63, 3.8) is 0 Å². The molecule has 0 aromatic heterocycles. The molecule has 4 aliphatic rings. The number of nitrogens with one attached hydrogen (secondary N) is 1. The summed E-state index contributed by atoms with van der Waals surface area (Å²) in [7, 11) is 0. The Morgan fingerprint density at radius 3 is 2.42 bits per heavy atom. The normalized spacial score (nSPS) is 26.9. The molecular formula is C27H37F3N4O4. The summed E-state index contributed by atoms with van der Waals surface area (Å²) >= 11 is 0. The predicted molar refractivity (Wildman–Crippen MR) is 133 cm³/mol. The molecule has 3 aliphatic heterocycles. The van der Waals surface area contributed by atoms with E-state index in [0.717, 1.165) is 69.6 Å². The average molecular weight is 539 g/mol. The minimum atomic E-state index is -4.33. The molecule has 11 heteroatoms. The lowest BCUT2D eigenvalue weighted by molar-refractivity contribution is -0.187. The van der Waals surface area contributed by atoms with E-state index in [4.69, 9.17) is 9.57 Å². The zero-order valence-electron chi connectivity index (χ0n) is 21.7. The van der Waals surface area contributed by atoms with Gasteiger partial charge in [0.05, 0.1) is 25.3 Å². The quantitative estimate of drug-likeness (QED) is 0.617. The minimum Gasteiger partial charge on any atom is -0.441 e. The molecule has 0 bridgehead atoms. The van der Waals surface area contributed by atoms with Crippen molar-refractivity contribution in [2.75, 3.05) is 52.4 Å². The van der Waals surface area contributed by atoms with Gasteiger partial charge in [-0.3, -0.25) is 14.5 Å². The van der Waals surface area contributed by atoms with E-state index in [1.807, 2.05) is 4.90 Å². The first-order valence-corrected chi connectivity index (χ1v) is 13.7. The zero-order chi connectivity index (χ0) is 26.8. The number of alkyl halides is 3. The Bertz CT molecular complexity index is 966. The highest BCUT2D eigenvalue weighted by molar-refractivity contribution is 5.78. The molecule has 3 saturated heterocycles. The molecule has 0 atom stereocenters. The summed E-state index contributed by atoms with van der Waals surface area (Å²) in [5.41, 5.74) is -0.285. The van der Waals surface area contributed by atoms with Crippen LogP contribution in [-0.2, 0) is 27.1 Å². The molecule has 38 heavy (non-hydrogen) atoms. The molecule has 1 saturated carbocycles. The molecule has 0 unspecified atom stereocenters. The summed E-state index contributed by atoms with van der Waals surface area (Å²) < 4.78 is 44.3. The lowest BCUT2D eigenvalue weighted by Gasteiger charge is -2.37. The van der Waals surface area contributed by atoms with Crippen molar-refractivity contribution in [2.45, 2.75) is 56.8 Å². The molecule has 5 rings (SSSR count). The third kappa shape index (κ3) is 6.43. The fraction of sp³-hybridized carbons (Fsp3) is 0.704. The maximum atomic E-state index is 12.8. The average Bonchev–Trinajstić information content (AvgIpc) is 3.05. The molecule has 1 aromatic rings. The molecule has 1 aromatic carbocycles. The summed E-state index contributed by atoms with van der Waals surface area (Å²) in [6, 6.07) is 5.32. The predicted octanol–water partition coefficient (Wildman–Crippen LogP) is 3.66. The summed E-state index contributed by atoms with van der Waals surface area (Å²) in [4.78, 5) is 35.2. The van der Waals surface area contributed by atoms with Crippen LogP contribution in [0.15, 0.2) is 24.3 Å². The SMILES string of the molecule is O=C1OC2(CCN(Cc3ccc(C(F)(F)F)cc3)CC2)CN1CC1CCC(C(=O)N2CCNCCO2)CC1. The first-order valence-electron chi connectivity index (χ1n) is 13.7. The maximum Gasteiger partial charge on any atom is 0.416 e. The number of likely N-dealkylation sites (tertiary alicyclic amines) is 1. The van der Waals surface area contributed by atoms with Gasteiger partial charge in [0.15, 0.2) is 0 Å². The van der Waals surface area contributed by atoms with E-state index in [1.165, 1.54) is 17.2 Å². The molecule has 8 nitrogen and oxygen atoms in total. The summed E-state index contributed by atoms with van der Waals surface area (Å²) in [6.07, 6.45) is 0.256. The van der Waals surface area contributed by atoms with Crippen LogP contribution in [0.1, 0.15) is 49.7 Å². The van der Waals surface area contributed by atoms with Crippen molar-refractivity contribution in [1.29, 1.82) is 0 Å². The standard InChI is InChI=1S/C27H37F3N4O4/c28-27(29,30)23-7-3-20(4-8-23)17-32-13-9-26(10-14-32)19-33(25(36)38-26)18-21-1-5-22(6-2-21)24(35)34-15-11-31-12-16-37-34/h3-4,7-8,21-22,31H,1-2,5-6,9-19H2. The maximum absolute atomic E-state index is 12.8. The van der Waals surface area contributed by atoms with Crippen molar-refractivity contribution < 1.29 is 32.3 Å². The molecule has 3 heterocycles. The van der Waals surface area contributed by atoms with Crippen LogP contribution in [0.5, 0.6) is 0 Å². The Morgan fingerprint density at radius 2 is 1.74 bits per heavy atom. The molecular weight excluding hydrogens is 501 g/mol. The van der Waals surface area contributed by atoms with Crippen LogP contribution in [-0.4, -0.2) is 84.9 Å². The number of carbonyl (C=O) groups excluding carboxylic acids is 2. The van der Waals surface area contributed by atoms with Crippen LogP contribution in [0.2, 0.25) is 0 Å².